The van der Waals surface area contributed by atoms with Gasteiger partial charge in [-0.05, 0) is 36.9 Å². The van der Waals surface area contributed by atoms with Crippen LogP contribution in [0.25, 0.3) is 10.2 Å². The SMILES string of the molecule is CC(c1nc2ccccc2s1)N(C)C(=O)CSc1cccc[n+]1[O-]. The zero-order valence-corrected chi connectivity index (χ0v) is 15.0. The maximum atomic E-state index is 12.4. The van der Waals surface area contributed by atoms with Gasteiger partial charge in [0.2, 0.25) is 5.91 Å². The summed E-state index contributed by atoms with van der Waals surface area (Å²) in [6.45, 7) is 1.97. The first-order chi connectivity index (χ1) is 11.6. The molecule has 0 aliphatic carbocycles. The molecule has 0 bridgehead atoms. The molecule has 0 N–H and O–H groups in total. The molecule has 1 unspecified atom stereocenters. The van der Waals surface area contributed by atoms with Crippen molar-refractivity contribution in [2.24, 2.45) is 0 Å². The Hall–Kier alpha value is -2.12. The van der Waals surface area contributed by atoms with Crippen LogP contribution < -0.4 is 4.73 Å². The van der Waals surface area contributed by atoms with E-state index in [2.05, 4.69) is 4.98 Å². The number of rotatable bonds is 5. The van der Waals surface area contributed by atoms with Crippen LogP contribution in [-0.4, -0.2) is 28.6 Å². The number of amides is 1. The first kappa shape index (κ1) is 16.7. The maximum Gasteiger partial charge on any atom is 0.251 e. The van der Waals surface area contributed by atoms with Crippen molar-refractivity contribution in [2.45, 2.75) is 18.0 Å². The lowest BCUT2D eigenvalue weighted by Crippen LogP contribution is -2.32. The van der Waals surface area contributed by atoms with E-state index in [1.807, 2.05) is 31.2 Å². The number of pyridine rings is 1. The molecule has 0 saturated heterocycles. The molecule has 0 spiro atoms. The largest absolute Gasteiger partial charge is 0.618 e. The van der Waals surface area contributed by atoms with Crippen molar-refractivity contribution >= 4 is 39.2 Å². The number of carbonyl (C=O) groups is 1. The summed E-state index contributed by atoms with van der Waals surface area (Å²) < 4.78 is 1.89. The number of hydrogen-bond donors (Lipinski definition) is 0. The molecular formula is C17H17N3O2S2. The third-order valence-corrected chi connectivity index (χ3v) is 5.98. The van der Waals surface area contributed by atoms with Gasteiger partial charge in [-0.3, -0.25) is 4.79 Å². The minimum absolute atomic E-state index is 0.0318. The molecular weight excluding hydrogens is 342 g/mol. The van der Waals surface area contributed by atoms with Gasteiger partial charge >= 0.3 is 0 Å². The molecule has 24 heavy (non-hydrogen) atoms. The summed E-state index contributed by atoms with van der Waals surface area (Å²) >= 11 is 2.85. The van der Waals surface area contributed by atoms with Crippen molar-refractivity contribution in [3.05, 3.63) is 58.9 Å². The summed E-state index contributed by atoms with van der Waals surface area (Å²) in [5.41, 5.74) is 0.955. The van der Waals surface area contributed by atoms with Crippen LogP contribution in [0.2, 0.25) is 0 Å². The normalized spacial score (nSPS) is 12.2. The van der Waals surface area contributed by atoms with Gasteiger partial charge < -0.3 is 10.1 Å². The second-order valence-corrected chi connectivity index (χ2v) is 7.41. The molecule has 0 aliphatic rings. The number of para-hydroxylation sites is 1. The van der Waals surface area contributed by atoms with Crippen molar-refractivity contribution in [1.82, 2.24) is 9.88 Å². The zero-order chi connectivity index (χ0) is 17.1. The van der Waals surface area contributed by atoms with Gasteiger partial charge in [-0.15, -0.1) is 11.3 Å². The molecule has 0 radical (unpaired) electrons. The lowest BCUT2D eigenvalue weighted by atomic mass is 10.3. The Kier molecular flexibility index (Phi) is 5.01. The number of nitrogens with zero attached hydrogens (tertiary/aromatic N) is 3. The van der Waals surface area contributed by atoms with Crippen LogP contribution in [0.5, 0.6) is 0 Å². The van der Waals surface area contributed by atoms with Crippen LogP contribution in [0, 0.1) is 5.21 Å². The lowest BCUT2D eigenvalue weighted by Gasteiger charge is -2.22. The molecule has 2 heterocycles. The number of benzene rings is 1. The second-order valence-electron chi connectivity index (χ2n) is 5.35. The molecule has 2 aromatic heterocycles. The predicted octanol–water partition coefficient (Wildman–Crippen LogP) is 3.24. The highest BCUT2D eigenvalue weighted by Crippen LogP contribution is 2.29. The summed E-state index contributed by atoms with van der Waals surface area (Å²) in [5.74, 6) is 0.188. The maximum absolute atomic E-state index is 12.4. The Morgan fingerprint density at radius 2 is 2.08 bits per heavy atom. The van der Waals surface area contributed by atoms with Gasteiger partial charge in [-0.1, -0.05) is 12.1 Å². The number of carbonyl (C=O) groups excluding carboxylic acids is 1. The molecule has 1 aromatic carbocycles. The number of hydrogen-bond acceptors (Lipinski definition) is 5. The van der Waals surface area contributed by atoms with Crippen molar-refractivity contribution in [1.29, 1.82) is 0 Å². The van der Waals surface area contributed by atoms with Crippen LogP contribution in [-0.2, 0) is 4.79 Å². The van der Waals surface area contributed by atoms with E-state index in [1.54, 1.807) is 41.5 Å². The van der Waals surface area contributed by atoms with Gasteiger partial charge in [0.15, 0.2) is 6.20 Å². The van der Waals surface area contributed by atoms with Crippen molar-refractivity contribution in [3.8, 4) is 0 Å². The van der Waals surface area contributed by atoms with E-state index in [0.29, 0.717) is 5.03 Å². The minimum Gasteiger partial charge on any atom is -0.618 e. The quantitative estimate of drug-likeness (QED) is 0.399. The summed E-state index contributed by atoms with van der Waals surface area (Å²) in [7, 11) is 1.77. The first-order valence-electron chi connectivity index (χ1n) is 7.48. The van der Waals surface area contributed by atoms with Gasteiger partial charge in [0.05, 0.1) is 22.0 Å². The van der Waals surface area contributed by atoms with Crippen molar-refractivity contribution < 1.29 is 9.52 Å². The standard InChI is InChI=1S/C17H17N3O2S2/c1-12(17-18-13-7-3-4-8-14(13)24-17)19(2)15(21)11-23-16-9-5-6-10-20(16)22/h3-10,12H,11H2,1-2H3. The fraction of sp³-hybridized carbons (Fsp3) is 0.235. The fourth-order valence-corrected chi connectivity index (χ4v) is 4.11. The molecule has 0 fully saturated rings. The first-order valence-corrected chi connectivity index (χ1v) is 9.28. The smallest absolute Gasteiger partial charge is 0.251 e. The minimum atomic E-state index is -0.106. The third-order valence-electron chi connectivity index (χ3n) is 3.77. The predicted molar refractivity (Wildman–Crippen MR) is 96.9 cm³/mol. The molecule has 1 amide bonds. The van der Waals surface area contributed by atoms with Crippen LogP contribution in [0.15, 0.2) is 53.7 Å². The fourth-order valence-electron chi connectivity index (χ4n) is 2.21. The average Bonchev–Trinajstić information content (AvgIpc) is 3.03. The van der Waals surface area contributed by atoms with Crippen molar-refractivity contribution in [2.75, 3.05) is 12.8 Å². The van der Waals surface area contributed by atoms with Gasteiger partial charge in [-0.2, -0.15) is 4.73 Å². The number of thiazole rings is 1. The lowest BCUT2D eigenvalue weighted by molar-refractivity contribution is -0.645. The van der Waals surface area contributed by atoms with E-state index < -0.39 is 0 Å². The number of thioether (sulfide) groups is 1. The van der Waals surface area contributed by atoms with Gasteiger partial charge in [0.1, 0.15) is 5.01 Å². The summed E-state index contributed by atoms with van der Waals surface area (Å²) in [6, 6.07) is 13.0. The molecule has 5 nitrogen and oxygen atoms in total. The van der Waals surface area contributed by atoms with Gasteiger partial charge in [0, 0.05) is 19.2 Å². The Morgan fingerprint density at radius 1 is 1.33 bits per heavy atom. The Bertz CT molecular complexity index is 833. The highest BCUT2D eigenvalue weighted by atomic mass is 32.2. The van der Waals surface area contributed by atoms with E-state index in [9.17, 15) is 10.0 Å². The van der Waals surface area contributed by atoms with Gasteiger partial charge in [-0.25, -0.2) is 4.98 Å². The molecule has 0 aliphatic heterocycles. The summed E-state index contributed by atoms with van der Waals surface area (Å²) in [6.07, 6.45) is 1.43. The van der Waals surface area contributed by atoms with Gasteiger partial charge in [0.25, 0.3) is 5.03 Å². The van der Waals surface area contributed by atoms with E-state index in [0.717, 1.165) is 20.0 Å². The summed E-state index contributed by atoms with van der Waals surface area (Å²) in [5, 5.41) is 13.1. The Balaban J connectivity index is 1.67. The number of aromatic nitrogens is 2. The van der Waals surface area contributed by atoms with Crippen LogP contribution in [0.4, 0.5) is 0 Å². The summed E-state index contributed by atoms with van der Waals surface area (Å²) in [4.78, 5) is 18.7. The second kappa shape index (κ2) is 7.19. The average molecular weight is 359 g/mol. The Labute approximate surface area is 148 Å². The third kappa shape index (κ3) is 3.52. The molecule has 7 heteroatoms. The van der Waals surface area contributed by atoms with Crippen LogP contribution in [0.3, 0.4) is 0 Å². The molecule has 3 rings (SSSR count). The van der Waals surface area contributed by atoms with Crippen molar-refractivity contribution in [3.63, 3.8) is 0 Å². The zero-order valence-electron chi connectivity index (χ0n) is 13.4. The molecule has 0 saturated carbocycles. The highest BCUT2D eigenvalue weighted by molar-refractivity contribution is 7.99. The highest BCUT2D eigenvalue weighted by Gasteiger charge is 2.21. The topological polar surface area (TPSA) is 60.1 Å². The molecule has 3 aromatic rings. The Morgan fingerprint density at radius 3 is 2.83 bits per heavy atom. The molecule has 124 valence electrons. The number of fused-ring (bicyclic) bond motifs is 1. The van der Waals surface area contributed by atoms with E-state index in [1.165, 1.54) is 18.0 Å². The van der Waals surface area contributed by atoms with Crippen LogP contribution in [0.1, 0.15) is 18.0 Å². The van der Waals surface area contributed by atoms with E-state index >= 15 is 0 Å². The van der Waals surface area contributed by atoms with E-state index in [4.69, 9.17) is 0 Å². The van der Waals surface area contributed by atoms with E-state index in [-0.39, 0.29) is 17.7 Å². The molecule has 1 atom stereocenters. The van der Waals surface area contributed by atoms with Crippen LogP contribution >= 0.6 is 23.1 Å². The monoisotopic (exact) mass is 359 g/mol.